The Balaban J connectivity index is 2.69. The van der Waals surface area contributed by atoms with E-state index in [4.69, 9.17) is 0 Å². The van der Waals surface area contributed by atoms with E-state index in [2.05, 4.69) is 42.2 Å². The second-order valence-corrected chi connectivity index (χ2v) is 5.37. The molecule has 1 unspecified atom stereocenters. The standard InChI is InChI=1S/C10H14Br2N2O/c1-6(2)13-5-9(15)10-8(12)3-7(11)4-14-10/h3-4,6,9,13,15H,5H2,1-2H3. The molecule has 1 aromatic heterocycles. The first kappa shape index (κ1) is 13.1. The van der Waals surface area contributed by atoms with Crippen LogP contribution in [-0.4, -0.2) is 22.7 Å². The fourth-order valence-corrected chi connectivity index (χ4v) is 2.37. The number of halogens is 2. The van der Waals surface area contributed by atoms with Gasteiger partial charge in [0.15, 0.2) is 0 Å². The molecule has 1 aromatic rings. The Hall–Kier alpha value is 0.0300. The molecule has 0 saturated heterocycles. The van der Waals surface area contributed by atoms with Gasteiger partial charge in [0.1, 0.15) is 6.10 Å². The number of hydrogen-bond donors (Lipinski definition) is 2. The molecule has 3 nitrogen and oxygen atoms in total. The lowest BCUT2D eigenvalue weighted by molar-refractivity contribution is 0.166. The third kappa shape index (κ3) is 4.18. The minimum Gasteiger partial charge on any atom is -0.385 e. The Bertz CT molecular complexity index is 331. The van der Waals surface area contributed by atoms with Crippen LogP contribution in [0.4, 0.5) is 0 Å². The lowest BCUT2D eigenvalue weighted by Crippen LogP contribution is -2.28. The molecule has 0 aliphatic rings. The minimum atomic E-state index is -0.588. The Morgan fingerprint density at radius 2 is 2.13 bits per heavy atom. The van der Waals surface area contributed by atoms with Crippen LogP contribution >= 0.6 is 31.9 Å². The highest BCUT2D eigenvalue weighted by Gasteiger charge is 2.13. The van der Waals surface area contributed by atoms with Gasteiger partial charge >= 0.3 is 0 Å². The van der Waals surface area contributed by atoms with E-state index in [1.165, 1.54) is 0 Å². The maximum Gasteiger partial charge on any atom is 0.109 e. The summed E-state index contributed by atoms with van der Waals surface area (Å²) < 4.78 is 1.71. The summed E-state index contributed by atoms with van der Waals surface area (Å²) in [5.74, 6) is 0. The number of nitrogens with zero attached hydrogens (tertiary/aromatic N) is 1. The molecule has 5 heteroatoms. The maximum absolute atomic E-state index is 9.87. The van der Waals surface area contributed by atoms with Gasteiger partial charge in [-0.05, 0) is 37.9 Å². The van der Waals surface area contributed by atoms with Crippen LogP contribution in [0.1, 0.15) is 25.6 Å². The van der Waals surface area contributed by atoms with Crippen molar-refractivity contribution in [1.82, 2.24) is 10.3 Å². The Kier molecular flexibility index (Phi) is 5.18. The highest BCUT2D eigenvalue weighted by molar-refractivity contribution is 9.11. The van der Waals surface area contributed by atoms with Crippen molar-refractivity contribution in [3.63, 3.8) is 0 Å². The molecule has 0 saturated carbocycles. The maximum atomic E-state index is 9.87. The third-order valence-corrected chi connectivity index (χ3v) is 2.94. The van der Waals surface area contributed by atoms with Crippen molar-refractivity contribution in [2.45, 2.75) is 26.0 Å². The predicted molar refractivity (Wildman–Crippen MR) is 67.7 cm³/mol. The van der Waals surface area contributed by atoms with Crippen LogP contribution in [0.15, 0.2) is 21.2 Å². The smallest absolute Gasteiger partial charge is 0.109 e. The highest BCUT2D eigenvalue weighted by atomic mass is 79.9. The Labute approximate surface area is 107 Å². The van der Waals surface area contributed by atoms with E-state index < -0.39 is 6.10 Å². The van der Waals surface area contributed by atoms with Crippen molar-refractivity contribution < 1.29 is 5.11 Å². The van der Waals surface area contributed by atoms with Crippen LogP contribution in [-0.2, 0) is 0 Å². The van der Waals surface area contributed by atoms with Crippen molar-refractivity contribution in [2.75, 3.05) is 6.54 Å². The topological polar surface area (TPSA) is 45.1 Å². The summed E-state index contributed by atoms with van der Waals surface area (Å²) in [7, 11) is 0. The second-order valence-electron chi connectivity index (χ2n) is 3.60. The number of aromatic nitrogens is 1. The van der Waals surface area contributed by atoms with Crippen molar-refractivity contribution >= 4 is 31.9 Å². The van der Waals surface area contributed by atoms with Gasteiger partial charge in [-0.15, -0.1) is 0 Å². The summed E-state index contributed by atoms with van der Waals surface area (Å²) in [6.45, 7) is 4.58. The van der Waals surface area contributed by atoms with Gasteiger partial charge in [-0.2, -0.15) is 0 Å². The van der Waals surface area contributed by atoms with E-state index in [1.807, 2.05) is 19.9 Å². The van der Waals surface area contributed by atoms with Crippen LogP contribution in [0, 0.1) is 0 Å². The normalized spacial score (nSPS) is 13.2. The molecule has 0 amide bonds. The van der Waals surface area contributed by atoms with E-state index in [1.54, 1.807) is 6.20 Å². The number of pyridine rings is 1. The summed E-state index contributed by atoms with van der Waals surface area (Å²) in [5.41, 5.74) is 0.659. The molecule has 2 N–H and O–H groups in total. The quantitative estimate of drug-likeness (QED) is 0.887. The van der Waals surface area contributed by atoms with Gasteiger partial charge in [0.05, 0.1) is 5.69 Å². The summed E-state index contributed by atoms with van der Waals surface area (Å²) >= 11 is 6.69. The lowest BCUT2D eigenvalue weighted by atomic mass is 10.2. The molecule has 84 valence electrons. The molecule has 0 spiro atoms. The lowest BCUT2D eigenvalue weighted by Gasteiger charge is -2.14. The van der Waals surface area contributed by atoms with Gasteiger partial charge in [-0.3, -0.25) is 4.98 Å². The number of rotatable bonds is 4. The van der Waals surface area contributed by atoms with Gasteiger partial charge < -0.3 is 10.4 Å². The summed E-state index contributed by atoms with van der Waals surface area (Å²) in [6, 6.07) is 2.23. The molecule has 0 aromatic carbocycles. The van der Waals surface area contributed by atoms with Gasteiger partial charge in [0, 0.05) is 27.7 Å². The average molecular weight is 338 g/mol. The zero-order valence-corrected chi connectivity index (χ0v) is 11.8. The van der Waals surface area contributed by atoms with E-state index in [9.17, 15) is 5.11 Å². The van der Waals surface area contributed by atoms with Gasteiger partial charge in [0.2, 0.25) is 0 Å². The summed E-state index contributed by atoms with van der Waals surface area (Å²) in [6.07, 6.45) is 1.09. The molecule has 0 bridgehead atoms. The molecule has 15 heavy (non-hydrogen) atoms. The molecular weight excluding hydrogens is 324 g/mol. The van der Waals surface area contributed by atoms with Crippen molar-refractivity contribution in [2.24, 2.45) is 0 Å². The van der Waals surface area contributed by atoms with Gasteiger partial charge in [0.25, 0.3) is 0 Å². The number of nitrogens with one attached hydrogen (secondary N) is 1. The molecule has 0 aliphatic carbocycles. The highest BCUT2D eigenvalue weighted by Crippen LogP contribution is 2.24. The molecule has 0 fully saturated rings. The SMILES string of the molecule is CC(C)NCC(O)c1ncc(Br)cc1Br. The first-order valence-electron chi connectivity index (χ1n) is 4.73. The van der Waals surface area contributed by atoms with Crippen LogP contribution in [0.5, 0.6) is 0 Å². The fourth-order valence-electron chi connectivity index (χ4n) is 1.11. The van der Waals surface area contributed by atoms with Crippen LogP contribution < -0.4 is 5.32 Å². The van der Waals surface area contributed by atoms with Crippen molar-refractivity contribution in [3.8, 4) is 0 Å². The van der Waals surface area contributed by atoms with Crippen molar-refractivity contribution in [1.29, 1.82) is 0 Å². The van der Waals surface area contributed by atoms with E-state index in [0.717, 1.165) is 8.95 Å². The summed E-state index contributed by atoms with van der Waals surface area (Å²) in [5, 5.41) is 13.0. The van der Waals surface area contributed by atoms with Crippen molar-refractivity contribution in [3.05, 3.63) is 26.9 Å². The largest absolute Gasteiger partial charge is 0.385 e. The van der Waals surface area contributed by atoms with Gasteiger partial charge in [-0.1, -0.05) is 13.8 Å². The molecule has 1 atom stereocenters. The van der Waals surface area contributed by atoms with Gasteiger partial charge in [-0.25, -0.2) is 0 Å². The second kappa shape index (κ2) is 5.94. The number of hydrogen-bond acceptors (Lipinski definition) is 3. The summed E-state index contributed by atoms with van der Waals surface area (Å²) in [4.78, 5) is 4.17. The van der Waals surface area contributed by atoms with Crippen LogP contribution in [0.25, 0.3) is 0 Å². The fraction of sp³-hybridized carbons (Fsp3) is 0.500. The zero-order valence-electron chi connectivity index (χ0n) is 8.67. The monoisotopic (exact) mass is 336 g/mol. The van der Waals surface area contributed by atoms with E-state index in [-0.39, 0.29) is 0 Å². The first-order chi connectivity index (χ1) is 7.00. The average Bonchev–Trinajstić information content (AvgIpc) is 2.14. The minimum absolute atomic E-state index is 0.355. The number of aliphatic hydroxyl groups is 1. The Morgan fingerprint density at radius 1 is 1.47 bits per heavy atom. The predicted octanol–water partition coefficient (Wildman–Crippen LogP) is 2.64. The Morgan fingerprint density at radius 3 is 2.67 bits per heavy atom. The van der Waals surface area contributed by atoms with E-state index in [0.29, 0.717) is 18.3 Å². The molecule has 0 radical (unpaired) electrons. The molecule has 1 rings (SSSR count). The van der Waals surface area contributed by atoms with Crippen LogP contribution in [0.2, 0.25) is 0 Å². The molecule has 1 heterocycles. The first-order valence-corrected chi connectivity index (χ1v) is 6.31. The zero-order chi connectivity index (χ0) is 11.4. The molecular formula is C10H14Br2N2O. The third-order valence-electron chi connectivity index (χ3n) is 1.87. The number of aliphatic hydroxyl groups excluding tert-OH is 1. The van der Waals surface area contributed by atoms with Crippen LogP contribution in [0.3, 0.4) is 0 Å². The van der Waals surface area contributed by atoms with E-state index >= 15 is 0 Å². The molecule has 0 aliphatic heterocycles.